The largest absolute Gasteiger partial charge is 0.484 e. The quantitative estimate of drug-likeness (QED) is 0.810. The third-order valence-electron chi connectivity index (χ3n) is 4.21. The molecule has 0 fully saturated rings. The molecule has 3 rings (SSSR count). The van der Waals surface area contributed by atoms with Gasteiger partial charge in [0.1, 0.15) is 11.8 Å². The Kier molecular flexibility index (Phi) is 3.81. The van der Waals surface area contributed by atoms with Gasteiger partial charge in [-0.05, 0) is 23.1 Å². The van der Waals surface area contributed by atoms with Crippen LogP contribution in [0.5, 0.6) is 0 Å². The Hall–Kier alpha value is -2.06. The van der Waals surface area contributed by atoms with Gasteiger partial charge < -0.3 is 10.5 Å². The first-order valence-corrected chi connectivity index (χ1v) is 8.20. The number of hydrogen-bond donors (Lipinski definition) is 1. The molecule has 1 aliphatic carbocycles. The van der Waals surface area contributed by atoms with Crippen molar-refractivity contribution in [2.24, 2.45) is 11.1 Å². The van der Waals surface area contributed by atoms with Crippen LogP contribution >= 0.6 is 15.9 Å². The highest BCUT2D eigenvalue weighted by Crippen LogP contribution is 2.45. The number of ketones is 1. The summed E-state index contributed by atoms with van der Waals surface area (Å²) in [5.74, 6) is 0.562. The number of rotatable bonds is 1. The van der Waals surface area contributed by atoms with Crippen molar-refractivity contribution in [3.8, 4) is 6.07 Å². The fraction of sp³-hybridized carbons (Fsp3) is 0.333. The lowest BCUT2D eigenvalue weighted by atomic mass is 9.74. The molecule has 23 heavy (non-hydrogen) atoms. The minimum atomic E-state index is -0.562. The molecule has 2 N–H and O–H groups in total. The van der Waals surface area contributed by atoms with Gasteiger partial charge in [-0.15, -0.1) is 0 Å². The smallest absolute Gasteiger partial charge is 0.168 e. The average molecular weight is 373 g/mol. The number of nitriles is 1. The number of ether oxygens (including phenoxy) is 1. The summed E-state index contributed by atoms with van der Waals surface area (Å²) in [6, 6.07) is 9.69. The summed E-state index contributed by atoms with van der Waals surface area (Å²) in [5, 5.41) is 9.52. The number of Topliss-reactive ketones (excluding diaryl/α,β-unsaturated/α-hetero) is 1. The normalized spacial score (nSPS) is 23.2. The molecule has 4 nitrogen and oxygen atoms in total. The first-order chi connectivity index (χ1) is 10.8. The molecule has 0 saturated carbocycles. The summed E-state index contributed by atoms with van der Waals surface area (Å²) in [6.07, 6.45) is 0.492. The summed E-state index contributed by atoms with van der Waals surface area (Å²) in [6.45, 7) is 4.07. The zero-order chi connectivity index (χ0) is 16.8. The molecule has 1 atom stereocenters. The van der Waals surface area contributed by atoms with Crippen molar-refractivity contribution in [2.45, 2.75) is 32.8 Å². The Morgan fingerprint density at radius 1 is 1.30 bits per heavy atom. The number of carbonyl (C=O) groups excluding carboxylic acids is 1. The van der Waals surface area contributed by atoms with Gasteiger partial charge in [-0.25, -0.2) is 0 Å². The molecule has 1 aromatic rings. The van der Waals surface area contributed by atoms with Crippen LogP contribution in [0, 0.1) is 16.7 Å². The molecule has 0 aromatic heterocycles. The Bertz CT molecular complexity index is 782. The van der Waals surface area contributed by atoms with Gasteiger partial charge in [0.25, 0.3) is 0 Å². The van der Waals surface area contributed by atoms with Gasteiger partial charge in [-0.3, -0.25) is 4.79 Å². The highest BCUT2D eigenvalue weighted by atomic mass is 79.9. The second-order valence-corrected chi connectivity index (χ2v) is 7.64. The molecule has 2 aliphatic rings. The van der Waals surface area contributed by atoms with Crippen molar-refractivity contribution in [3.63, 3.8) is 0 Å². The third kappa shape index (κ3) is 2.79. The van der Waals surface area contributed by atoms with E-state index >= 15 is 0 Å². The Morgan fingerprint density at radius 3 is 2.57 bits per heavy atom. The summed E-state index contributed by atoms with van der Waals surface area (Å²) in [5.41, 5.74) is 7.82. The van der Waals surface area contributed by atoms with E-state index in [0.717, 1.165) is 10.0 Å². The molecule has 5 heteroatoms. The maximum Gasteiger partial charge on any atom is 0.168 e. The average Bonchev–Trinajstić information content (AvgIpc) is 2.45. The minimum Gasteiger partial charge on any atom is -0.484 e. The Morgan fingerprint density at radius 2 is 1.96 bits per heavy atom. The molecule has 1 aliphatic heterocycles. The number of carbonyl (C=O) groups is 1. The van der Waals surface area contributed by atoms with E-state index in [4.69, 9.17) is 10.5 Å². The summed E-state index contributed by atoms with van der Waals surface area (Å²) < 4.78 is 7.03. The summed E-state index contributed by atoms with van der Waals surface area (Å²) >= 11 is 3.40. The van der Waals surface area contributed by atoms with Crippen LogP contribution in [0.4, 0.5) is 0 Å². The maximum atomic E-state index is 12.4. The topological polar surface area (TPSA) is 76.1 Å². The van der Waals surface area contributed by atoms with Gasteiger partial charge in [-0.1, -0.05) is 41.9 Å². The van der Waals surface area contributed by atoms with Crippen LogP contribution in [0.15, 0.2) is 51.3 Å². The van der Waals surface area contributed by atoms with Crippen LogP contribution in [0.2, 0.25) is 0 Å². The second-order valence-electron chi connectivity index (χ2n) is 6.73. The van der Waals surface area contributed by atoms with E-state index in [0.29, 0.717) is 29.7 Å². The second kappa shape index (κ2) is 5.54. The van der Waals surface area contributed by atoms with Gasteiger partial charge >= 0.3 is 0 Å². The van der Waals surface area contributed by atoms with E-state index in [9.17, 15) is 10.1 Å². The number of nitrogens with zero attached hydrogens (tertiary/aromatic N) is 1. The van der Waals surface area contributed by atoms with Crippen molar-refractivity contribution in [2.75, 3.05) is 0 Å². The Balaban J connectivity index is 2.09. The molecular weight excluding hydrogens is 356 g/mol. The van der Waals surface area contributed by atoms with Crippen LogP contribution < -0.4 is 5.73 Å². The summed E-state index contributed by atoms with van der Waals surface area (Å²) in [7, 11) is 0. The monoisotopic (exact) mass is 372 g/mol. The fourth-order valence-corrected chi connectivity index (χ4v) is 3.40. The van der Waals surface area contributed by atoms with Gasteiger partial charge in [0.2, 0.25) is 0 Å². The zero-order valence-corrected chi connectivity index (χ0v) is 14.6. The van der Waals surface area contributed by atoms with Crippen LogP contribution in [0.1, 0.15) is 38.4 Å². The van der Waals surface area contributed by atoms with E-state index in [1.54, 1.807) is 0 Å². The lowest BCUT2D eigenvalue weighted by Gasteiger charge is -2.37. The van der Waals surface area contributed by atoms with E-state index in [2.05, 4.69) is 22.0 Å². The van der Waals surface area contributed by atoms with E-state index < -0.39 is 6.10 Å². The van der Waals surface area contributed by atoms with Gasteiger partial charge in [0.15, 0.2) is 11.9 Å². The molecule has 0 spiro atoms. The third-order valence-corrected chi connectivity index (χ3v) is 4.74. The van der Waals surface area contributed by atoms with Crippen molar-refractivity contribution < 1.29 is 9.53 Å². The number of halogens is 1. The number of hydrogen-bond acceptors (Lipinski definition) is 4. The van der Waals surface area contributed by atoms with Gasteiger partial charge in [0, 0.05) is 17.3 Å². The molecule has 118 valence electrons. The van der Waals surface area contributed by atoms with E-state index in [1.807, 2.05) is 38.1 Å². The summed E-state index contributed by atoms with van der Waals surface area (Å²) in [4.78, 5) is 12.4. The number of nitrogens with two attached hydrogens (primary N) is 1. The van der Waals surface area contributed by atoms with Crippen molar-refractivity contribution in [3.05, 3.63) is 56.9 Å². The van der Waals surface area contributed by atoms with Crippen LogP contribution in [0.3, 0.4) is 0 Å². The standard InChI is InChI=1S/C18H17BrN2O2/c1-18(2)7-13(22)15-14(8-18)23-17(12(9-20)16(15)21)10-3-5-11(19)6-4-10/h3-6,17H,7-8,21H2,1-2H3/t17-/m0/s1. The molecular formula is C18H17BrN2O2. The predicted octanol–water partition coefficient (Wildman–Crippen LogP) is 3.90. The number of benzene rings is 1. The van der Waals surface area contributed by atoms with Gasteiger partial charge in [0.05, 0.1) is 16.8 Å². The van der Waals surface area contributed by atoms with Crippen LogP contribution in [-0.2, 0) is 9.53 Å². The molecule has 0 radical (unpaired) electrons. The molecule has 0 unspecified atom stereocenters. The Labute approximate surface area is 143 Å². The van der Waals surface area contributed by atoms with E-state index in [-0.39, 0.29) is 16.9 Å². The highest BCUT2D eigenvalue weighted by Gasteiger charge is 2.40. The predicted molar refractivity (Wildman–Crippen MR) is 89.8 cm³/mol. The minimum absolute atomic E-state index is 0.0456. The van der Waals surface area contributed by atoms with Crippen molar-refractivity contribution in [1.82, 2.24) is 0 Å². The molecule has 0 saturated heterocycles. The zero-order valence-electron chi connectivity index (χ0n) is 13.0. The van der Waals surface area contributed by atoms with Gasteiger partial charge in [-0.2, -0.15) is 5.26 Å². The molecule has 1 heterocycles. The molecule has 0 amide bonds. The fourth-order valence-electron chi connectivity index (χ4n) is 3.13. The molecule has 1 aromatic carbocycles. The lowest BCUT2D eigenvalue weighted by Crippen LogP contribution is -2.33. The molecule has 0 bridgehead atoms. The van der Waals surface area contributed by atoms with Crippen molar-refractivity contribution in [1.29, 1.82) is 5.26 Å². The van der Waals surface area contributed by atoms with Crippen molar-refractivity contribution >= 4 is 21.7 Å². The van der Waals surface area contributed by atoms with E-state index in [1.165, 1.54) is 0 Å². The SMILES string of the molecule is CC1(C)CC(=O)C2=C(C1)O[C@@H](c1ccc(Br)cc1)C(C#N)=C2N. The first kappa shape index (κ1) is 15.8. The maximum absolute atomic E-state index is 12.4. The van der Waals surface area contributed by atoms with Crippen LogP contribution in [0.25, 0.3) is 0 Å². The lowest BCUT2D eigenvalue weighted by molar-refractivity contribution is -0.118. The van der Waals surface area contributed by atoms with Crippen LogP contribution in [-0.4, -0.2) is 5.78 Å². The number of allylic oxidation sites excluding steroid dienone is 2. The first-order valence-electron chi connectivity index (χ1n) is 7.41. The highest BCUT2D eigenvalue weighted by molar-refractivity contribution is 9.10.